The summed E-state index contributed by atoms with van der Waals surface area (Å²) in [4.78, 5) is 0. The van der Waals surface area contributed by atoms with Gasteiger partial charge in [-0.05, 0) is 47.2 Å². The number of methoxy groups -OCH3 is 2. The predicted octanol–water partition coefficient (Wildman–Crippen LogP) is 3.80. The van der Waals surface area contributed by atoms with Crippen molar-refractivity contribution in [1.82, 2.24) is 0 Å². The van der Waals surface area contributed by atoms with E-state index >= 15 is 0 Å². The van der Waals surface area contributed by atoms with Crippen molar-refractivity contribution in [3.05, 3.63) is 59.7 Å². The number of ether oxygens (including phenoxy) is 5. The van der Waals surface area contributed by atoms with E-state index in [2.05, 4.69) is 13.8 Å². The molecular formula is C24H32O6. The molecule has 0 saturated carbocycles. The highest BCUT2D eigenvalue weighted by atomic mass is 16.6. The largest absolute Gasteiger partial charge is 0.497 e. The van der Waals surface area contributed by atoms with Crippen LogP contribution in [0.25, 0.3) is 0 Å². The van der Waals surface area contributed by atoms with Crippen molar-refractivity contribution in [3.8, 4) is 11.5 Å². The fourth-order valence-corrected chi connectivity index (χ4v) is 3.63. The number of aliphatic hydroxyl groups excluding tert-OH is 1. The maximum Gasteiger partial charge on any atom is 0.181 e. The van der Waals surface area contributed by atoms with Gasteiger partial charge < -0.3 is 28.8 Å². The SMILES string of the molecule is COc1ccc(COCC2OC(O)C(OCc3ccc(OC)cc3)[C@@H](C)[C@@H]2C)cc1. The first kappa shape index (κ1) is 22.6. The van der Waals surface area contributed by atoms with Crippen LogP contribution in [0.4, 0.5) is 0 Å². The first-order valence-electron chi connectivity index (χ1n) is 10.3. The number of rotatable bonds is 9. The van der Waals surface area contributed by atoms with Crippen LogP contribution in [0.15, 0.2) is 48.5 Å². The van der Waals surface area contributed by atoms with Crippen molar-refractivity contribution in [2.45, 2.75) is 45.6 Å². The monoisotopic (exact) mass is 416 g/mol. The van der Waals surface area contributed by atoms with Crippen molar-refractivity contribution < 1.29 is 28.8 Å². The van der Waals surface area contributed by atoms with E-state index in [0.717, 1.165) is 22.6 Å². The zero-order chi connectivity index (χ0) is 21.5. The Morgan fingerprint density at radius 3 is 1.87 bits per heavy atom. The molecule has 3 rings (SSSR count). The molecular weight excluding hydrogens is 384 g/mol. The quantitative estimate of drug-likeness (QED) is 0.671. The van der Waals surface area contributed by atoms with Crippen LogP contribution in [-0.4, -0.2) is 44.4 Å². The van der Waals surface area contributed by atoms with E-state index < -0.39 is 6.29 Å². The summed E-state index contributed by atoms with van der Waals surface area (Å²) in [6, 6.07) is 15.5. The normalized spacial score (nSPS) is 26.4. The van der Waals surface area contributed by atoms with Gasteiger partial charge in [-0.3, -0.25) is 0 Å². The molecule has 1 aliphatic heterocycles. The molecule has 5 atom stereocenters. The Kier molecular flexibility index (Phi) is 8.10. The summed E-state index contributed by atoms with van der Waals surface area (Å²) < 4.78 is 28.1. The molecule has 1 heterocycles. The molecule has 2 aromatic carbocycles. The minimum Gasteiger partial charge on any atom is -0.497 e. The van der Waals surface area contributed by atoms with Gasteiger partial charge >= 0.3 is 0 Å². The minimum absolute atomic E-state index is 0.126. The molecule has 0 aromatic heterocycles. The number of hydrogen-bond donors (Lipinski definition) is 1. The molecule has 6 nitrogen and oxygen atoms in total. The smallest absolute Gasteiger partial charge is 0.181 e. The van der Waals surface area contributed by atoms with Crippen molar-refractivity contribution in [2.75, 3.05) is 20.8 Å². The summed E-state index contributed by atoms with van der Waals surface area (Å²) in [5.74, 6) is 1.94. The number of benzene rings is 2. The van der Waals surface area contributed by atoms with Crippen LogP contribution in [0.2, 0.25) is 0 Å². The van der Waals surface area contributed by atoms with Gasteiger partial charge in [-0.1, -0.05) is 38.1 Å². The van der Waals surface area contributed by atoms with Crippen molar-refractivity contribution >= 4 is 0 Å². The summed E-state index contributed by atoms with van der Waals surface area (Å²) in [7, 11) is 3.29. The Bertz CT molecular complexity index is 758. The topological polar surface area (TPSA) is 66.4 Å². The van der Waals surface area contributed by atoms with Crippen molar-refractivity contribution in [2.24, 2.45) is 11.8 Å². The predicted molar refractivity (Wildman–Crippen MR) is 113 cm³/mol. The fraction of sp³-hybridized carbons (Fsp3) is 0.500. The third kappa shape index (κ3) is 5.73. The molecule has 1 N–H and O–H groups in total. The molecule has 0 amide bonds. The molecule has 1 aliphatic rings. The maximum atomic E-state index is 10.5. The lowest BCUT2D eigenvalue weighted by Gasteiger charge is -2.42. The molecule has 0 aliphatic carbocycles. The van der Waals surface area contributed by atoms with Gasteiger partial charge in [-0.25, -0.2) is 0 Å². The number of aliphatic hydroxyl groups is 1. The fourth-order valence-electron chi connectivity index (χ4n) is 3.63. The number of hydrogen-bond acceptors (Lipinski definition) is 6. The zero-order valence-corrected chi connectivity index (χ0v) is 18.1. The van der Waals surface area contributed by atoms with Crippen LogP contribution in [0, 0.1) is 11.8 Å². The Morgan fingerprint density at radius 1 is 0.800 bits per heavy atom. The highest BCUT2D eigenvalue weighted by molar-refractivity contribution is 5.27. The van der Waals surface area contributed by atoms with Gasteiger partial charge in [-0.15, -0.1) is 0 Å². The van der Waals surface area contributed by atoms with E-state index in [0.29, 0.717) is 19.8 Å². The molecule has 0 spiro atoms. The van der Waals surface area contributed by atoms with Gasteiger partial charge in [0.15, 0.2) is 6.29 Å². The van der Waals surface area contributed by atoms with Gasteiger partial charge in [0, 0.05) is 0 Å². The average Bonchev–Trinajstić information content (AvgIpc) is 2.78. The second-order valence-electron chi connectivity index (χ2n) is 7.77. The van der Waals surface area contributed by atoms with Crippen LogP contribution >= 0.6 is 0 Å². The Hall–Kier alpha value is -2.12. The van der Waals surface area contributed by atoms with E-state index in [1.807, 2.05) is 48.5 Å². The van der Waals surface area contributed by atoms with E-state index in [-0.39, 0.29) is 24.0 Å². The molecule has 1 saturated heterocycles. The van der Waals surface area contributed by atoms with E-state index in [9.17, 15) is 5.11 Å². The Labute approximate surface area is 178 Å². The third-order valence-corrected chi connectivity index (χ3v) is 5.84. The highest BCUT2D eigenvalue weighted by Gasteiger charge is 2.41. The molecule has 164 valence electrons. The van der Waals surface area contributed by atoms with Crippen LogP contribution in [0.1, 0.15) is 25.0 Å². The lowest BCUT2D eigenvalue weighted by molar-refractivity contribution is -0.272. The molecule has 1 fully saturated rings. The average molecular weight is 417 g/mol. The van der Waals surface area contributed by atoms with E-state index in [1.54, 1.807) is 14.2 Å². The highest BCUT2D eigenvalue weighted by Crippen LogP contribution is 2.32. The zero-order valence-electron chi connectivity index (χ0n) is 18.1. The molecule has 0 radical (unpaired) electrons. The molecule has 3 unspecified atom stereocenters. The van der Waals surface area contributed by atoms with Crippen LogP contribution in [0.5, 0.6) is 11.5 Å². The maximum absolute atomic E-state index is 10.5. The lowest BCUT2D eigenvalue weighted by Crippen LogP contribution is -2.51. The second-order valence-corrected chi connectivity index (χ2v) is 7.77. The molecule has 0 bridgehead atoms. The van der Waals surface area contributed by atoms with Crippen molar-refractivity contribution in [3.63, 3.8) is 0 Å². The van der Waals surface area contributed by atoms with Crippen LogP contribution < -0.4 is 9.47 Å². The Morgan fingerprint density at radius 2 is 1.33 bits per heavy atom. The standard InChI is InChI=1S/C24H32O6/c1-16-17(2)23(29-14-19-7-11-21(27-4)12-8-19)24(25)30-22(16)15-28-13-18-5-9-20(26-3)10-6-18/h5-12,16-17,22-25H,13-15H2,1-4H3/t16-,17-,22?,23?,24?/m0/s1. The molecule has 6 heteroatoms. The van der Waals surface area contributed by atoms with Crippen LogP contribution in [-0.2, 0) is 27.4 Å². The second kappa shape index (κ2) is 10.8. The lowest BCUT2D eigenvalue weighted by atomic mass is 9.83. The van der Waals surface area contributed by atoms with Crippen LogP contribution in [0.3, 0.4) is 0 Å². The Balaban J connectivity index is 1.48. The van der Waals surface area contributed by atoms with E-state index in [1.165, 1.54) is 0 Å². The van der Waals surface area contributed by atoms with Gasteiger partial charge in [-0.2, -0.15) is 0 Å². The van der Waals surface area contributed by atoms with Gasteiger partial charge in [0.05, 0.1) is 40.1 Å². The summed E-state index contributed by atoms with van der Waals surface area (Å²) in [6.07, 6.45) is -1.56. The summed E-state index contributed by atoms with van der Waals surface area (Å²) in [6.45, 7) is 5.51. The van der Waals surface area contributed by atoms with Crippen molar-refractivity contribution in [1.29, 1.82) is 0 Å². The van der Waals surface area contributed by atoms with Gasteiger partial charge in [0.1, 0.15) is 17.6 Å². The molecule has 30 heavy (non-hydrogen) atoms. The third-order valence-electron chi connectivity index (χ3n) is 5.84. The van der Waals surface area contributed by atoms with Gasteiger partial charge in [0.2, 0.25) is 0 Å². The van der Waals surface area contributed by atoms with Gasteiger partial charge in [0.25, 0.3) is 0 Å². The first-order chi connectivity index (χ1) is 14.5. The summed E-state index contributed by atoms with van der Waals surface area (Å²) in [5, 5.41) is 10.5. The first-order valence-corrected chi connectivity index (χ1v) is 10.3. The minimum atomic E-state index is -0.982. The van der Waals surface area contributed by atoms with E-state index in [4.69, 9.17) is 23.7 Å². The summed E-state index contributed by atoms with van der Waals surface area (Å²) in [5.41, 5.74) is 2.08. The molecule has 2 aromatic rings. The summed E-state index contributed by atoms with van der Waals surface area (Å²) >= 11 is 0.